The van der Waals surface area contributed by atoms with E-state index in [-0.39, 0.29) is 30.3 Å². The predicted octanol–water partition coefficient (Wildman–Crippen LogP) is 4.56. The molecule has 7 nitrogen and oxygen atoms in total. The van der Waals surface area contributed by atoms with Crippen LogP contribution in [-0.2, 0) is 14.3 Å². The highest BCUT2D eigenvalue weighted by Gasteiger charge is 2.33. The Balaban J connectivity index is 1.32. The molecule has 0 heterocycles. The van der Waals surface area contributed by atoms with Crippen molar-refractivity contribution < 1.29 is 24.2 Å². The van der Waals surface area contributed by atoms with Crippen LogP contribution in [0.15, 0.2) is 48.5 Å². The second-order valence-electron chi connectivity index (χ2n) is 9.78. The minimum absolute atomic E-state index is 0.000862. The molecule has 35 heavy (non-hydrogen) atoms. The van der Waals surface area contributed by atoms with Crippen LogP contribution in [0.4, 0.5) is 4.79 Å². The van der Waals surface area contributed by atoms with Crippen LogP contribution in [0.2, 0.25) is 0 Å². The summed E-state index contributed by atoms with van der Waals surface area (Å²) in [6.07, 6.45) is 3.04. The van der Waals surface area contributed by atoms with Crippen LogP contribution in [0.1, 0.15) is 56.6 Å². The maximum Gasteiger partial charge on any atom is 0.407 e. The number of fused-ring (bicyclic) bond motifs is 3. The Bertz CT molecular complexity index is 1040. The number of hydrogen-bond donors (Lipinski definition) is 3. The molecule has 0 saturated heterocycles. The summed E-state index contributed by atoms with van der Waals surface area (Å²) in [6, 6.07) is 15.9. The molecule has 4 atom stereocenters. The van der Waals surface area contributed by atoms with Crippen LogP contribution in [0.3, 0.4) is 0 Å². The van der Waals surface area contributed by atoms with Gasteiger partial charge in [0.1, 0.15) is 6.61 Å². The maximum absolute atomic E-state index is 12.9. The third kappa shape index (κ3) is 5.50. The van der Waals surface area contributed by atoms with E-state index in [9.17, 15) is 19.5 Å². The number of carboxylic acids is 1. The van der Waals surface area contributed by atoms with Gasteiger partial charge in [0.15, 0.2) is 0 Å². The number of amides is 2. The summed E-state index contributed by atoms with van der Waals surface area (Å²) in [5.41, 5.74) is 4.68. The third-order valence-corrected chi connectivity index (χ3v) is 7.61. The van der Waals surface area contributed by atoms with E-state index in [0.717, 1.165) is 36.8 Å². The van der Waals surface area contributed by atoms with E-state index < -0.39 is 24.0 Å². The molecule has 0 bridgehead atoms. The van der Waals surface area contributed by atoms with Gasteiger partial charge in [-0.3, -0.25) is 9.59 Å². The van der Waals surface area contributed by atoms with Gasteiger partial charge in [0, 0.05) is 24.4 Å². The molecule has 1 saturated carbocycles. The van der Waals surface area contributed by atoms with Crippen molar-refractivity contribution in [1.82, 2.24) is 10.6 Å². The summed E-state index contributed by atoms with van der Waals surface area (Å²) in [5, 5.41) is 14.9. The van der Waals surface area contributed by atoms with Gasteiger partial charge in [0.2, 0.25) is 5.91 Å². The zero-order valence-electron chi connectivity index (χ0n) is 20.3. The molecule has 3 N–H and O–H groups in total. The number of benzene rings is 2. The Labute approximate surface area is 206 Å². The fourth-order valence-corrected chi connectivity index (χ4v) is 5.33. The lowest BCUT2D eigenvalue weighted by Gasteiger charge is -2.32. The molecule has 7 heteroatoms. The quantitative estimate of drug-likeness (QED) is 0.516. The van der Waals surface area contributed by atoms with Crippen molar-refractivity contribution >= 4 is 18.0 Å². The van der Waals surface area contributed by atoms with Crippen molar-refractivity contribution in [1.29, 1.82) is 0 Å². The maximum atomic E-state index is 12.9. The van der Waals surface area contributed by atoms with Crippen molar-refractivity contribution in [2.24, 2.45) is 17.8 Å². The second kappa shape index (κ2) is 10.9. The van der Waals surface area contributed by atoms with E-state index in [1.165, 1.54) is 11.1 Å². The summed E-state index contributed by atoms with van der Waals surface area (Å²) in [4.78, 5) is 36.7. The van der Waals surface area contributed by atoms with Gasteiger partial charge in [-0.1, -0.05) is 61.4 Å². The molecule has 2 aliphatic carbocycles. The zero-order valence-corrected chi connectivity index (χ0v) is 20.3. The van der Waals surface area contributed by atoms with E-state index in [0.29, 0.717) is 6.54 Å². The Morgan fingerprint density at radius 1 is 0.971 bits per heavy atom. The van der Waals surface area contributed by atoms with E-state index in [2.05, 4.69) is 34.9 Å². The first-order valence-electron chi connectivity index (χ1n) is 12.5. The molecule has 0 spiro atoms. The normalized spacial score (nSPS) is 20.7. The molecule has 0 aliphatic heterocycles. The minimum atomic E-state index is -0.935. The monoisotopic (exact) mass is 478 g/mol. The molecule has 2 amide bonds. The van der Waals surface area contributed by atoms with Gasteiger partial charge in [-0.15, -0.1) is 0 Å². The van der Waals surface area contributed by atoms with Crippen molar-refractivity contribution in [2.75, 3.05) is 13.2 Å². The summed E-state index contributed by atoms with van der Waals surface area (Å²) in [5.74, 6) is -1.99. The van der Waals surface area contributed by atoms with Crippen molar-refractivity contribution in [3.05, 3.63) is 59.7 Å². The first-order chi connectivity index (χ1) is 16.9. The van der Waals surface area contributed by atoms with E-state index >= 15 is 0 Å². The van der Waals surface area contributed by atoms with E-state index in [1.54, 1.807) is 13.8 Å². The number of hydrogen-bond acceptors (Lipinski definition) is 4. The van der Waals surface area contributed by atoms with Crippen molar-refractivity contribution in [3.63, 3.8) is 0 Å². The van der Waals surface area contributed by atoms with Gasteiger partial charge in [0.05, 0.1) is 5.92 Å². The first-order valence-corrected chi connectivity index (χ1v) is 12.5. The van der Waals surface area contributed by atoms with Crippen LogP contribution < -0.4 is 10.6 Å². The summed E-state index contributed by atoms with van der Waals surface area (Å²) in [6.45, 7) is 3.91. The molecule has 186 valence electrons. The molecule has 0 radical (unpaired) electrons. The summed E-state index contributed by atoms with van der Waals surface area (Å²) >= 11 is 0. The number of carboxylic acid groups (broad SMARTS) is 1. The van der Waals surface area contributed by atoms with E-state index in [4.69, 9.17) is 4.74 Å². The SMILES string of the molecule is CC(NC(=O)C1CCCCC1CNC(=O)OCC1c2ccccc2-c2ccccc21)C(C)C(=O)O. The fourth-order valence-electron chi connectivity index (χ4n) is 5.33. The van der Waals surface area contributed by atoms with Crippen LogP contribution in [-0.4, -0.2) is 42.3 Å². The molecular weight excluding hydrogens is 444 g/mol. The summed E-state index contributed by atoms with van der Waals surface area (Å²) in [7, 11) is 0. The number of nitrogens with one attached hydrogen (secondary N) is 2. The zero-order chi connectivity index (χ0) is 24.9. The van der Waals surface area contributed by atoms with Gasteiger partial charge in [-0.2, -0.15) is 0 Å². The lowest BCUT2D eigenvalue weighted by atomic mass is 9.78. The van der Waals surface area contributed by atoms with Crippen molar-refractivity contribution in [2.45, 2.75) is 51.5 Å². The molecular formula is C28H34N2O5. The third-order valence-electron chi connectivity index (χ3n) is 7.61. The molecule has 0 aromatic heterocycles. The number of ether oxygens (including phenoxy) is 1. The average molecular weight is 479 g/mol. The smallest absolute Gasteiger partial charge is 0.407 e. The minimum Gasteiger partial charge on any atom is -0.481 e. The van der Waals surface area contributed by atoms with Crippen LogP contribution in [0, 0.1) is 17.8 Å². The highest BCUT2D eigenvalue weighted by atomic mass is 16.5. The number of alkyl carbamates (subject to hydrolysis) is 1. The Morgan fingerprint density at radius 2 is 1.57 bits per heavy atom. The van der Waals surface area contributed by atoms with Gasteiger partial charge in [0.25, 0.3) is 0 Å². The topological polar surface area (TPSA) is 105 Å². The largest absolute Gasteiger partial charge is 0.481 e. The molecule has 2 aliphatic rings. The van der Waals surface area contributed by atoms with Gasteiger partial charge in [-0.05, 0) is 54.9 Å². The Hall–Kier alpha value is -3.35. The fraction of sp³-hybridized carbons (Fsp3) is 0.464. The Kier molecular flexibility index (Phi) is 7.73. The standard InChI is InChI=1S/C28H34N2O5/c1-17(27(32)33)18(2)30-26(31)20-10-4-3-9-19(20)15-29-28(34)35-16-25-23-13-7-5-11-21(23)22-12-6-8-14-24(22)25/h5-8,11-14,17-20,25H,3-4,9-10,15-16H2,1-2H3,(H,29,34)(H,30,31)(H,32,33). The van der Waals surface area contributed by atoms with Gasteiger partial charge in [-0.25, -0.2) is 4.79 Å². The lowest BCUT2D eigenvalue weighted by molar-refractivity contribution is -0.142. The molecule has 1 fully saturated rings. The Morgan fingerprint density at radius 3 is 2.20 bits per heavy atom. The lowest BCUT2D eigenvalue weighted by Crippen LogP contribution is -2.47. The second-order valence-corrected chi connectivity index (χ2v) is 9.78. The molecule has 2 aromatic rings. The van der Waals surface area contributed by atoms with Crippen LogP contribution in [0.25, 0.3) is 11.1 Å². The number of aliphatic carboxylic acids is 1. The van der Waals surface area contributed by atoms with Crippen LogP contribution >= 0.6 is 0 Å². The number of carbonyl (C=O) groups excluding carboxylic acids is 2. The van der Waals surface area contributed by atoms with Gasteiger partial charge >= 0.3 is 12.1 Å². The number of carbonyl (C=O) groups is 3. The van der Waals surface area contributed by atoms with Crippen LogP contribution in [0.5, 0.6) is 0 Å². The summed E-state index contributed by atoms with van der Waals surface area (Å²) < 4.78 is 5.63. The molecule has 4 rings (SSSR count). The average Bonchev–Trinajstić information content (AvgIpc) is 3.19. The number of rotatable bonds is 8. The first kappa shape index (κ1) is 24.8. The highest BCUT2D eigenvalue weighted by molar-refractivity contribution is 5.81. The highest BCUT2D eigenvalue weighted by Crippen LogP contribution is 2.44. The van der Waals surface area contributed by atoms with Crippen molar-refractivity contribution in [3.8, 4) is 11.1 Å². The molecule has 4 unspecified atom stereocenters. The van der Waals surface area contributed by atoms with Gasteiger partial charge < -0.3 is 20.5 Å². The van der Waals surface area contributed by atoms with E-state index in [1.807, 2.05) is 24.3 Å². The molecule has 2 aromatic carbocycles. The predicted molar refractivity (Wildman–Crippen MR) is 133 cm³/mol.